The fourth-order valence-corrected chi connectivity index (χ4v) is 6.09. The highest BCUT2D eigenvalue weighted by Gasteiger charge is 2.38. The molecule has 2 aliphatic carbocycles. The van der Waals surface area contributed by atoms with Crippen LogP contribution in [-0.2, 0) is 16.2 Å². The summed E-state index contributed by atoms with van der Waals surface area (Å²) >= 11 is 0. The lowest BCUT2D eigenvalue weighted by Gasteiger charge is -2.23. The summed E-state index contributed by atoms with van der Waals surface area (Å²) in [5.74, 6) is 0. The van der Waals surface area contributed by atoms with Crippen LogP contribution in [0.15, 0.2) is 72.8 Å². The average molecular weight is 444 g/mol. The Hall–Kier alpha value is -3.19. The van der Waals surface area contributed by atoms with Crippen LogP contribution in [0.3, 0.4) is 0 Å². The van der Waals surface area contributed by atoms with Crippen LogP contribution in [0.1, 0.15) is 76.3 Å². The number of benzene rings is 3. The molecular formula is C33H33N. The molecule has 0 atom stereocenters. The van der Waals surface area contributed by atoms with Crippen LogP contribution >= 0.6 is 0 Å². The number of hydrogen-bond donors (Lipinski definition) is 0. The molecule has 0 amide bonds. The molecule has 6 rings (SSSR count). The van der Waals surface area contributed by atoms with E-state index in [-0.39, 0.29) is 16.2 Å². The van der Waals surface area contributed by atoms with Crippen LogP contribution in [0.4, 0.5) is 0 Å². The minimum atomic E-state index is -0.0336. The largest absolute Gasteiger partial charge is 0.247 e. The van der Waals surface area contributed by atoms with E-state index in [1.165, 1.54) is 50.1 Å². The summed E-state index contributed by atoms with van der Waals surface area (Å²) in [7, 11) is 0. The molecule has 0 bridgehead atoms. The maximum Gasteiger partial charge on any atom is 0.0753 e. The number of hydrogen-bond acceptors (Lipinski definition) is 1. The number of fused-ring (bicyclic) bond motifs is 6. The van der Waals surface area contributed by atoms with E-state index < -0.39 is 0 Å². The van der Waals surface area contributed by atoms with Gasteiger partial charge in [-0.05, 0) is 62.6 Å². The quantitative estimate of drug-likeness (QED) is 0.287. The molecule has 34 heavy (non-hydrogen) atoms. The lowest BCUT2D eigenvalue weighted by molar-refractivity contribution is 0.589. The summed E-state index contributed by atoms with van der Waals surface area (Å²) in [5, 5.41) is 0. The van der Waals surface area contributed by atoms with Gasteiger partial charge in [0.15, 0.2) is 0 Å². The smallest absolute Gasteiger partial charge is 0.0753 e. The molecule has 0 saturated carbocycles. The minimum absolute atomic E-state index is 0.00509. The molecule has 3 aromatic carbocycles. The first-order chi connectivity index (χ1) is 16.0. The average Bonchev–Trinajstić information content (AvgIpc) is 3.18. The van der Waals surface area contributed by atoms with E-state index in [0.717, 1.165) is 11.4 Å². The Morgan fingerprint density at radius 2 is 1.24 bits per heavy atom. The van der Waals surface area contributed by atoms with Crippen molar-refractivity contribution in [2.24, 2.45) is 0 Å². The van der Waals surface area contributed by atoms with Crippen LogP contribution in [0.2, 0.25) is 0 Å². The fourth-order valence-electron chi connectivity index (χ4n) is 6.09. The lowest BCUT2D eigenvalue weighted by atomic mass is 9.80. The molecule has 1 heteroatoms. The summed E-state index contributed by atoms with van der Waals surface area (Å²) in [6.07, 6.45) is 0. The van der Waals surface area contributed by atoms with Crippen LogP contribution in [0.5, 0.6) is 0 Å². The standard InChI is InChI=1S/C33H33N/c1-31(2,3)21-13-15-26-24(19-21)30-27(32(26,4)5)16-17-29(34-30)20-12-14-23-22-10-8-9-11-25(22)33(6,7)28(23)18-20/h8-19H,1-7H3. The van der Waals surface area contributed by atoms with Crippen LogP contribution in [0, 0.1) is 0 Å². The molecule has 0 saturated heterocycles. The van der Waals surface area contributed by atoms with Gasteiger partial charge in [0.2, 0.25) is 0 Å². The predicted molar refractivity (Wildman–Crippen MR) is 144 cm³/mol. The molecule has 1 heterocycles. The molecule has 0 spiro atoms. The first-order valence-electron chi connectivity index (χ1n) is 12.4. The Bertz CT molecular complexity index is 1480. The van der Waals surface area contributed by atoms with Crippen molar-refractivity contribution in [2.75, 3.05) is 0 Å². The number of pyridine rings is 1. The van der Waals surface area contributed by atoms with Gasteiger partial charge in [0, 0.05) is 22.0 Å². The van der Waals surface area contributed by atoms with E-state index in [0.29, 0.717) is 0 Å². The topological polar surface area (TPSA) is 12.9 Å². The fraction of sp³-hybridized carbons (Fsp3) is 0.303. The summed E-state index contributed by atoms with van der Waals surface area (Å²) < 4.78 is 0. The van der Waals surface area contributed by atoms with Gasteiger partial charge in [-0.15, -0.1) is 0 Å². The van der Waals surface area contributed by atoms with E-state index >= 15 is 0 Å². The van der Waals surface area contributed by atoms with Crippen molar-refractivity contribution >= 4 is 0 Å². The van der Waals surface area contributed by atoms with E-state index in [1.807, 2.05) is 0 Å². The van der Waals surface area contributed by atoms with Crippen LogP contribution in [-0.4, -0.2) is 4.98 Å². The summed E-state index contributed by atoms with van der Waals surface area (Å²) in [4.78, 5) is 5.31. The van der Waals surface area contributed by atoms with Gasteiger partial charge < -0.3 is 0 Å². The molecule has 1 aromatic heterocycles. The summed E-state index contributed by atoms with van der Waals surface area (Å²) in [6.45, 7) is 16.2. The monoisotopic (exact) mass is 443 g/mol. The minimum Gasteiger partial charge on any atom is -0.247 e. The molecule has 2 aliphatic rings. The molecule has 170 valence electrons. The third kappa shape index (κ3) is 2.83. The first-order valence-corrected chi connectivity index (χ1v) is 12.4. The second kappa shape index (κ2) is 6.69. The zero-order valence-corrected chi connectivity index (χ0v) is 21.4. The highest BCUT2D eigenvalue weighted by atomic mass is 14.7. The zero-order valence-electron chi connectivity index (χ0n) is 21.4. The third-order valence-corrected chi connectivity index (χ3v) is 8.26. The van der Waals surface area contributed by atoms with Gasteiger partial charge in [0.05, 0.1) is 11.4 Å². The Morgan fingerprint density at radius 1 is 0.588 bits per heavy atom. The van der Waals surface area contributed by atoms with Crippen LogP contribution < -0.4 is 0 Å². The van der Waals surface area contributed by atoms with Gasteiger partial charge in [0.25, 0.3) is 0 Å². The van der Waals surface area contributed by atoms with Gasteiger partial charge in [-0.25, -0.2) is 4.98 Å². The Morgan fingerprint density at radius 3 is 2.00 bits per heavy atom. The van der Waals surface area contributed by atoms with E-state index in [4.69, 9.17) is 4.98 Å². The molecular weight excluding hydrogens is 410 g/mol. The van der Waals surface area contributed by atoms with Crippen molar-refractivity contribution < 1.29 is 0 Å². The van der Waals surface area contributed by atoms with Crippen molar-refractivity contribution in [3.8, 4) is 33.6 Å². The molecule has 0 N–H and O–H groups in total. The van der Waals surface area contributed by atoms with Crippen molar-refractivity contribution in [3.63, 3.8) is 0 Å². The van der Waals surface area contributed by atoms with Gasteiger partial charge in [-0.3, -0.25) is 0 Å². The number of nitrogens with zero attached hydrogens (tertiary/aromatic N) is 1. The van der Waals surface area contributed by atoms with Crippen LogP contribution in [0.25, 0.3) is 33.6 Å². The normalized spacial score (nSPS) is 16.6. The maximum absolute atomic E-state index is 5.31. The summed E-state index contributed by atoms with van der Waals surface area (Å²) in [6, 6.07) is 27.3. The molecule has 1 nitrogen and oxygen atoms in total. The highest BCUT2D eigenvalue weighted by Crippen LogP contribution is 2.51. The highest BCUT2D eigenvalue weighted by molar-refractivity contribution is 5.84. The zero-order chi connectivity index (χ0) is 24.0. The van der Waals surface area contributed by atoms with Gasteiger partial charge in [0.1, 0.15) is 0 Å². The van der Waals surface area contributed by atoms with Crippen molar-refractivity contribution in [2.45, 2.75) is 64.7 Å². The number of rotatable bonds is 1. The number of aromatic nitrogens is 1. The lowest BCUT2D eigenvalue weighted by Crippen LogP contribution is -2.16. The van der Waals surface area contributed by atoms with Crippen molar-refractivity contribution in [1.29, 1.82) is 0 Å². The Kier molecular flexibility index (Phi) is 4.20. The summed E-state index contributed by atoms with van der Waals surface area (Å²) in [5.41, 5.74) is 14.3. The molecule has 0 radical (unpaired) electrons. The molecule has 4 aromatic rings. The SMILES string of the molecule is CC(C)(C)c1ccc2c(c1)-c1nc(-c3ccc4c(c3)C(C)(C)c3ccccc3-4)ccc1C2(C)C. The Balaban J connectivity index is 1.51. The van der Waals surface area contributed by atoms with Gasteiger partial charge in [-0.1, -0.05) is 103 Å². The van der Waals surface area contributed by atoms with Crippen molar-refractivity contribution in [3.05, 3.63) is 101 Å². The third-order valence-electron chi connectivity index (χ3n) is 8.26. The van der Waals surface area contributed by atoms with Gasteiger partial charge >= 0.3 is 0 Å². The van der Waals surface area contributed by atoms with Crippen molar-refractivity contribution in [1.82, 2.24) is 4.98 Å². The second-order valence-corrected chi connectivity index (χ2v) is 12.2. The van der Waals surface area contributed by atoms with Gasteiger partial charge in [-0.2, -0.15) is 0 Å². The predicted octanol–water partition coefficient (Wildman–Crippen LogP) is 8.66. The van der Waals surface area contributed by atoms with E-state index in [2.05, 4.69) is 121 Å². The first kappa shape index (κ1) is 21.4. The molecule has 0 unspecified atom stereocenters. The maximum atomic E-state index is 5.31. The van der Waals surface area contributed by atoms with E-state index in [1.54, 1.807) is 0 Å². The molecule has 0 aliphatic heterocycles. The second-order valence-electron chi connectivity index (χ2n) is 12.2. The van der Waals surface area contributed by atoms with E-state index in [9.17, 15) is 0 Å². The Labute approximate surface area is 203 Å². The molecule has 0 fully saturated rings.